The van der Waals surface area contributed by atoms with E-state index in [9.17, 15) is 14.4 Å². The molecule has 4 amide bonds. The molecule has 1 heterocycles. The van der Waals surface area contributed by atoms with Crippen LogP contribution in [0.2, 0.25) is 0 Å². The fourth-order valence-corrected chi connectivity index (χ4v) is 3.28. The van der Waals surface area contributed by atoms with Gasteiger partial charge in [0, 0.05) is 11.6 Å². The summed E-state index contributed by atoms with van der Waals surface area (Å²) < 4.78 is 5.74. The van der Waals surface area contributed by atoms with Gasteiger partial charge in [-0.25, -0.2) is 4.79 Å². The molecule has 0 radical (unpaired) electrons. The molecule has 1 saturated carbocycles. The van der Waals surface area contributed by atoms with Crippen LogP contribution in [0.4, 0.5) is 4.79 Å². The van der Waals surface area contributed by atoms with Crippen LogP contribution in [0.15, 0.2) is 29.8 Å². The van der Waals surface area contributed by atoms with Crippen LogP contribution in [-0.2, 0) is 9.59 Å². The van der Waals surface area contributed by atoms with E-state index in [2.05, 4.69) is 5.32 Å². The number of urea groups is 1. The zero-order valence-electron chi connectivity index (χ0n) is 14.5. The van der Waals surface area contributed by atoms with Crippen molar-refractivity contribution in [1.82, 2.24) is 10.2 Å². The van der Waals surface area contributed by atoms with Crippen LogP contribution >= 0.6 is 0 Å². The van der Waals surface area contributed by atoms with Gasteiger partial charge in [-0.1, -0.05) is 31.0 Å². The molecular formula is C19H22N2O4. The van der Waals surface area contributed by atoms with Crippen molar-refractivity contribution in [2.45, 2.75) is 51.7 Å². The lowest BCUT2D eigenvalue weighted by molar-refractivity contribution is -0.131. The van der Waals surface area contributed by atoms with Gasteiger partial charge in [-0.2, -0.15) is 0 Å². The average molecular weight is 342 g/mol. The molecule has 2 fully saturated rings. The molecule has 1 aromatic rings. The minimum Gasteiger partial charge on any atom is -0.490 e. The SMILES string of the molecule is CC(C)Oc1ccccc1/C=C1\C(=O)NC(=O)N(C2CCCC2)C1=O. The quantitative estimate of drug-likeness (QED) is 0.674. The van der Waals surface area contributed by atoms with E-state index in [0.29, 0.717) is 11.3 Å². The smallest absolute Gasteiger partial charge is 0.331 e. The summed E-state index contributed by atoms with van der Waals surface area (Å²) >= 11 is 0. The largest absolute Gasteiger partial charge is 0.490 e. The Balaban J connectivity index is 1.95. The molecule has 0 atom stereocenters. The second-order valence-electron chi connectivity index (χ2n) is 6.64. The number of carbonyl (C=O) groups is 3. The second-order valence-corrected chi connectivity index (χ2v) is 6.64. The molecule has 1 aliphatic carbocycles. The van der Waals surface area contributed by atoms with Crippen LogP contribution in [0.1, 0.15) is 45.1 Å². The number of hydrogen-bond acceptors (Lipinski definition) is 4. The fourth-order valence-electron chi connectivity index (χ4n) is 3.28. The lowest BCUT2D eigenvalue weighted by atomic mass is 10.0. The third kappa shape index (κ3) is 3.57. The van der Waals surface area contributed by atoms with E-state index in [1.807, 2.05) is 26.0 Å². The highest BCUT2D eigenvalue weighted by atomic mass is 16.5. The molecular weight excluding hydrogens is 320 g/mol. The Labute approximate surface area is 146 Å². The van der Waals surface area contributed by atoms with E-state index in [4.69, 9.17) is 4.74 Å². The lowest BCUT2D eigenvalue weighted by Gasteiger charge is -2.31. The molecule has 25 heavy (non-hydrogen) atoms. The zero-order chi connectivity index (χ0) is 18.0. The molecule has 132 valence electrons. The standard InChI is InChI=1S/C19H22N2O4/c1-12(2)25-16-10-6-3-7-13(16)11-15-17(22)20-19(24)21(18(15)23)14-8-4-5-9-14/h3,6-7,10-12,14H,4-5,8-9H2,1-2H3,(H,20,22,24)/b15-11+. The van der Waals surface area contributed by atoms with Gasteiger partial charge in [-0.15, -0.1) is 0 Å². The number of barbiturate groups is 1. The maximum atomic E-state index is 12.8. The number of hydrogen-bond donors (Lipinski definition) is 1. The molecule has 1 N–H and O–H groups in total. The zero-order valence-corrected chi connectivity index (χ0v) is 14.5. The summed E-state index contributed by atoms with van der Waals surface area (Å²) in [6, 6.07) is 6.46. The first-order chi connectivity index (χ1) is 12.0. The van der Waals surface area contributed by atoms with Gasteiger partial charge >= 0.3 is 6.03 Å². The first-order valence-corrected chi connectivity index (χ1v) is 8.63. The molecule has 1 saturated heterocycles. The summed E-state index contributed by atoms with van der Waals surface area (Å²) in [7, 11) is 0. The Morgan fingerprint density at radius 1 is 1.16 bits per heavy atom. The van der Waals surface area contributed by atoms with Crippen molar-refractivity contribution in [2.24, 2.45) is 0 Å². The first-order valence-electron chi connectivity index (χ1n) is 8.63. The first kappa shape index (κ1) is 17.2. The fraction of sp³-hybridized carbons (Fsp3) is 0.421. The van der Waals surface area contributed by atoms with Crippen LogP contribution in [0.5, 0.6) is 5.75 Å². The summed E-state index contributed by atoms with van der Waals surface area (Å²) in [4.78, 5) is 38.4. The Bertz CT molecular complexity index is 733. The minimum atomic E-state index is -0.663. The average Bonchev–Trinajstić information content (AvgIpc) is 3.06. The summed E-state index contributed by atoms with van der Waals surface area (Å²) in [6.07, 6.45) is 5.01. The summed E-state index contributed by atoms with van der Waals surface area (Å²) in [5.74, 6) is -0.599. The van der Waals surface area contributed by atoms with Gasteiger partial charge in [0.05, 0.1) is 6.10 Å². The number of imide groups is 2. The number of rotatable bonds is 4. The van der Waals surface area contributed by atoms with Crippen LogP contribution in [0, 0.1) is 0 Å². The molecule has 6 nitrogen and oxygen atoms in total. The van der Waals surface area contributed by atoms with E-state index in [-0.39, 0.29) is 17.7 Å². The molecule has 0 aromatic heterocycles. The number of amides is 4. The van der Waals surface area contributed by atoms with Gasteiger partial charge in [-0.05, 0) is 38.8 Å². The Hall–Kier alpha value is -2.63. The number of benzene rings is 1. The Morgan fingerprint density at radius 3 is 2.52 bits per heavy atom. The van der Waals surface area contributed by atoms with Gasteiger partial charge in [0.15, 0.2) is 0 Å². The number of nitrogens with zero attached hydrogens (tertiary/aromatic N) is 1. The minimum absolute atomic E-state index is 0.0352. The van der Waals surface area contributed by atoms with Gasteiger partial charge in [0.1, 0.15) is 11.3 Å². The third-order valence-electron chi connectivity index (χ3n) is 4.40. The summed E-state index contributed by atoms with van der Waals surface area (Å²) in [6.45, 7) is 3.81. The van der Waals surface area contributed by atoms with Crippen LogP contribution < -0.4 is 10.1 Å². The van der Waals surface area contributed by atoms with Crippen molar-refractivity contribution < 1.29 is 19.1 Å². The Morgan fingerprint density at radius 2 is 1.84 bits per heavy atom. The van der Waals surface area contributed by atoms with Crippen LogP contribution in [-0.4, -0.2) is 34.9 Å². The van der Waals surface area contributed by atoms with E-state index in [1.165, 1.54) is 11.0 Å². The summed E-state index contributed by atoms with van der Waals surface area (Å²) in [5, 5.41) is 2.29. The Kier molecular flexibility index (Phi) is 4.88. The van der Waals surface area contributed by atoms with Gasteiger partial charge in [0.2, 0.25) is 0 Å². The number of carbonyl (C=O) groups excluding carboxylic acids is 3. The number of ether oxygens (including phenoxy) is 1. The van der Waals surface area contributed by atoms with Crippen molar-refractivity contribution in [2.75, 3.05) is 0 Å². The van der Waals surface area contributed by atoms with E-state index >= 15 is 0 Å². The lowest BCUT2D eigenvalue weighted by Crippen LogP contribution is -2.57. The molecule has 0 spiro atoms. The molecule has 1 aliphatic heterocycles. The van der Waals surface area contributed by atoms with Crippen molar-refractivity contribution in [3.63, 3.8) is 0 Å². The number of para-hydroxylation sites is 1. The molecule has 2 aliphatic rings. The van der Waals surface area contributed by atoms with Crippen LogP contribution in [0.25, 0.3) is 6.08 Å². The highest BCUT2D eigenvalue weighted by Crippen LogP contribution is 2.28. The van der Waals surface area contributed by atoms with E-state index in [1.54, 1.807) is 12.1 Å². The molecule has 0 bridgehead atoms. The maximum Gasteiger partial charge on any atom is 0.331 e. The predicted molar refractivity (Wildman–Crippen MR) is 92.8 cm³/mol. The highest BCUT2D eigenvalue weighted by molar-refractivity contribution is 6.31. The van der Waals surface area contributed by atoms with Crippen molar-refractivity contribution in [1.29, 1.82) is 0 Å². The second kappa shape index (κ2) is 7.09. The third-order valence-corrected chi connectivity index (χ3v) is 4.40. The highest BCUT2D eigenvalue weighted by Gasteiger charge is 2.40. The molecule has 6 heteroatoms. The number of nitrogens with one attached hydrogen (secondary N) is 1. The van der Waals surface area contributed by atoms with Crippen LogP contribution in [0.3, 0.4) is 0 Å². The predicted octanol–water partition coefficient (Wildman–Crippen LogP) is 2.88. The monoisotopic (exact) mass is 342 g/mol. The molecule has 1 aromatic carbocycles. The van der Waals surface area contributed by atoms with Crippen molar-refractivity contribution in [3.05, 3.63) is 35.4 Å². The summed E-state index contributed by atoms with van der Waals surface area (Å²) in [5.41, 5.74) is 0.599. The van der Waals surface area contributed by atoms with Gasteiger partial charge in [0.25, 0.3) is 11.8 Å². The van der Waals surface area contributed by atoms with Crippen molar-refractivity contribution in [3.8, 4) is 5.75 Å². The molecule has 3 rings (SSSR count). The van der Waals surface area contributed by atoms with Crippen molar-refractivity contribution >= 4 is 23.9 Å². The van der Waals surface area contributed by atoms with Gasteiger partial charge < -0.3 is 4.74 Å². The normalized spacial score (nSPS) is 20.5. The van der Waals surface area contributed by atoms with E-state index in [0.717, 1.165) is 25.7 Å². The maximum absolute atomic E-state index is 12.8. The molecule has 0 unspecified atom stereocenters. The van der Waals surface area contributed by atoms with Gasteiger partial charge in [-0.3, -0.25) is 19.8 Å². The topological polar surface area (TPSA) is 75.7 Å². The van der Waals surface area contributed by atoms with E-state index < -0.39 is 17.8 Å².